The number of nitrogens with zero attached hydrogens (tertiary/aromatic N) is 2. The fourth-order valence-electron chi connectivity index (χ4n) is 1.74. The van der Waals surface area contributed by atoms with E-state index in [0.29, 0.717) is 5.03 Å². The minimum Gasteiger partial charge on any atom is -0.392 e. The fraction of sp³-hybridized carbons (Fsp3) is 0. The molecule has 0 unspecified atom stereocenters. The molecule has 0 saturated heterocycles. The summed E-state index contributed by atoms with van der Waals surface area (Å²) in [5.74, 6) is 0. The van der Waals surface area contributed by atoms with Crippen LogP contribution in [0.4, 0.5) is 5.69 Å². The van der Waals surface area contributed by atoms with Crippen LogP contribution >= 0.6 is 11.8 Å². The van der Waals surface area contributed by atoms with Gasteiger partial charge in [0.15, 0.2) is 0 Å². The summed E-state index contributed by atoms with van der Waals surface area (Å²) in [7, 11) is 0. The Kier molecular flexibility index (Phi) is 2.92. The molecule has 0 aliphatic heterocycles. The smallest absolute Gasteiger partial charge is 0.275 e. The standard InChI is InChI=1S/C13H10N4OS/c14-10-12(18)16-7-17-13(10)19-9-5-1-3-8-4-2-6-15-11(8)9/h1-7H,14H2,(H,16,17,18). The zero-order valence-corrected chi connectivity index (χ0v) is 10.6. The van der Waals surface area contributed by atoms with E-state index in [-0.39, 0.29) is 11.2 Å². The van der Waals surface area contributed by atoms with Gasteiger partial charge in [0.05, 0.1) is 11.8 Å². The molecule has 0 radical (unpaired) electrons. The molecule has 3 aromatic rings. The molecule has 0 atom stereocenters. The number of benzene rings is 1. The van der Waals surface area contributed by atoms with Gasteiger partial charge in [-0.25, -0.2) is 4.98 Å². The second kappa shape index (κ2) is 4.74. The SMILES string of the molecule is Nc1c(Sc2cccc3cccnc23)nc[nH]c1=O. The average molecular weight is 270 g/mol. The molecule has 3 rings (SSSR count). The van der Waals surface area contributed by atoms with Crippen LogP contribution in [0, 0.1) is 0 Å². The fourth-order valence-corrected chi connectivity index (χ4v) is 2.67. The molecular weight excluding hydrogens is 260 g/mol. The lowest BCUT2D eigenvalue weighted by atomic mass is 10.2. The van der Waals surface area contributed by atoms with Crippen LogP contribution in [0.3, 0.4) is 0 Å². The minimum atomic E-state index is -0.328. The Hall–Kier alpha value is -2.34. The number of H-pyrrole nitrogens is 1. The number of nitrogen functional groups attached to an aromatic ring is 1. The Balaban J connectivity index is 2.11. The number of para-hydroxylation sites is 1. The first kappa shape index (κ1) is 11.7. The molecule has 2 heterocycles. The number of fused-ring (bicyclic) bond motifs is 1. The van der Waals surface area contributed by atoms with E-state index < -0.39 is 0 Å². The summed E-state index contributed by atoms with van der Waals surface area (Å²) in [6.07, 6.45) is 3.08. The zero-order valence-electron chi connectivity index (χ0n) is 9.83. The monoisotopic (exact) mass is 270 g/mol. The van der Waals surface area contributed by atoms with Gasteiger partial charge in [0, 0.05) is 16.5 Å². The van der Waals surface area contributed by atoms with E-state index in [4.69, 9.17) is 5.73 Å². The van der Waals surface area contributed by atoms with Crippen molar-refractivity contribution in [3.05, 3.63) is 53.2 Å². The normalized spacial score (nSPS) is 10.7. The van der Waals surface area contributed by atoms with Gasteiger partial charge in [-0.3, -0.25) is 9.78 Å². The van der Waals surface area contributed by atoms with E-state index in [2.05, 4.69) is 15.0 Å². The number of aromatic nitrogens is 3. The summed E-state index contributed by atoms with van der Waals surface area (Å²) in [5, 5.41) is 1.53. The molecule has 0 spiro atoms. The van der Waals surface area contributed by atoms with Gasteiger partial charge in [-0.1, -0.05) is 30.0 Å². The number of hydrogen-bond acceptors (Lipinski definition) is 5. The number of nitrogens with one attached hydrogen (secondary N) is 1. The van der Waals surface area contributed by atoms with Gasteiger partial charge in [-0.05, 0) is 12.1 Å². The Morgan fingerprint density at radius 1 is 1.16 bits per heavy atom. The maximum Gasteiger partial charge on any atom is 0.275 e. The summed E-state index contributed by atoms with van der Waals surface area (Å²) in [4.78, 5) is 23.3. The van der Waals surface area contributed by atoms with Gasteiger partial charge in [0.2, 0.25) is 0 Å². The van der Waals surface area contributed by atoms with Crippen LogP contribution in [-0.4, -0.2) is 15.0 Å². The lowest BCUT2D eigenvalue weighted by molar-refractivity contribution is 1.02. The van der Waals surface area contributed by atoms with Crippen molar-refractivity contribution in [2.75, 3.05) is 5.73 Å². The van der Waals surface area contributed by atoms with Crippen LogP contribution in [0.5, 0.6) is 0 Å². The van der Waals surface area contributed by atoms with Crippen molar-refractivity contribution in [1.29, 1.82) is 0 Å². The van der Waals surface area contributed by atoms with Crippen molar-refractivity contribution < 1.29 is 0 Å². The highest BCUT2D eigenvalue weighted by Gasteiger charge is 2.09. The number of rotatable bonds is 2. The van der Waals surface area contributed by atoms with Crippen molar-refractivity contribution in [1.82, 2.24) is 15.0 Å². The van der Waals surface area contributed by atoms with Gasteiger partial charge in [0.1, 0.15) is 10.7 Å². The molecule has 6 heteroatoms. The maximum absolute atomic E-state index is 11.4. The largest absolute Gasteiger partial charge is 0.392 e. The molecule has 0 amide bonds. The zero-order chi connectivity index (χ0) is 13.2. The molecule has 1 aromatic carbocycles. The first-order chi connectivity index (χ1) is 9.25. The Bertz CT molecular complexity index is 795. The number of pyridine rings is 1. The van der Waals surface area contributed by atoms with Crippen molar-refractivity contribution in [3.8, 4) is 0 Å². The van der Waals surface area contributed by atoms with Crippen molar-refractivity contribution in [3.63, 3.8) is 0 Å². The molecule has 0 aliphatic rings. The van der Waals surface area contributed by atoms with E-state index >= 15 is 0 Å². The predicted molar refractivity (Wildman–Crippen MR) is 75.1 cm³/mol. The third kappa shape index (κ3) is 2.17. The van der Waals surface area contributed by atoms with Crippen molar-refractivity contribution in [2.45, 2.75) is 9.92 Å². The predicted octanol–water partition coefficient (Wildman–Crippen LogP) is 2.05. The first-order valence-electron chi connectivity index (χ1n) is 5.60. The van der Waals surface area contributed by atoms with E-state index in [9.17, 15) is 4.79 Å². The number of nitrogens with two attached hydrogens (primary N) is 1. The van der Waals surface area contributed by atoms with E-state index in [0.717, 1.165) is 15.8 Å². The second-order valence-corrected chi connectivity index (χ2v) is 4.91. The molecule has 0 bridgehead atoms. The molecule has 0 fully saturated rings. The molecule has 3 N–H and O–H groups in total. The van der Waals surface area contributed by atoms with E-state index in [1.54, 1.807) is 6.20 Å². The highest BCUT2D eigenvalue weighted by Crippen LogP contribution is 2.32. The lowest BCUT2D eigenvalue weighted by Crippen LogP contribution is -2.13. The topological polar surface area (TPSA) is 84.7 Å². The number of anilines is 1. The Labute approximate surface area is 112 Å². The minimum absolute atomic E-state index is 0.125. The third-order valence-corrected chi connectivity index (χ3v) is 3.72. The lowest BCUT2D eigenvalue weighted by Gasteiger charge is -2.05. The molecule has 0 saturated carbocycles. The van der Waals surface area contributed by atoms with Crippen molar-refractivity contribution >= 4 is 28.4 Å². The third-order valence-electron chi connectivity index (χ3n) is 2.65. The molecule has 5 nitrogen and oxygen atoms in total. The summed E-state index contributed by atoms with van der Waals surface area (Å²) in [5.41, 5.74) is 6.40. The molecular formula is C13H10N4OS. The summed E-state index contributed by atoms with van der Waals surface area (Å²) < 4.78 is 0. The quantitative estimate of drug-likeness (QED) is 0.696. The number of hydrogen-bond donors (Lipinski definition) is 2. The van der Waals surface area contributed by atoms with Gasteiger partial charge >= 0.3 is 0 Å². The Morgan fingerprint density at radius 3 is 2.89 bits per heavy atom. The van der Waals surface area contributed by atoms with Crippen LogP contribution in [-0.2, 0) is 0 Å². The molecule has 94 valence electrons. The highest BCUT2D eigenvalue weighted by molar-refractivity contribution is 7.99. The molecule has 0 aliphatic carbocycles. The second-order valence-electron chi connectivity index (χ2n) is 3.88. The Morgan fingerprint density at radius 2 is 2.00 bits per heavy atom. The van der Waals surface area contributed by atoms with Gasteiger partial charge in [0.25, 0.3) is 5.56 Å². The van der Waals surface area contributed by atoms with E-state index in [1.165, 1.54) is 18.1 Å². The van der Waals surface area contributed by atoms with Gasteiger partial charge in [-0.2, -0.15) is 0 Å². The maximum atomic E-state index is 11.4. The van der Waals surface area contributed by atoms with Gasteiger partial charge in [-0.15, -0.1) is 0 Å². The van der Waals surface area contributed by atoms with Crippen LogP contribution in [0.2, 0.25) is 0 Å². The summed E-state index contributed by atoms with van der Waals surface area (Å²) in [6, 6.07) is 9.73. The van der Waals surface area contributed by atoms with Crippen LogP contribution in [0.15, 0.2) is 57.6 Å². The van der Waals surface area contributed by atoms with Gasteiger partial charge < -0.3 is 10.7 Å². The van der Waals surface area contributed by atoms with Crippen LogP contribution in [0.25, 0.3) is 10.9 Å². The van der Waals surface area contributed by atoms with Crippen LogP contribution < -0.4 is 11.3 Å². The first-order valence-corrected chi connectivity index (χ1v) is 6.42. The van der Waals surface area contributed by atoms with E-state index in [1.807, 2.05) is 30.3 Å². The van der Waals surface area contributed by atoms with Crippen molar-refractivity contribution in [2.24, 2.45) is 0 Å². The van der Waals surface area contributed by atoms with Crippen LogP contribution in [0.1, 0.15) is 0 Å². The highest BCUT2D eigenvalue weighted by atomic mass is 32.2. The molecule has 2 aromatic heterocycles. The number of aromatic amines is 1. The summed E-state index contributed by atoms with van der Waals surface area (Å²) in [6.45, 7) is 0. The average Bonchev–Trinajstić information content (AvgIpc) is 2.44. The molecule has 19 heavy (non-hydrogen) atoms. The summed E-state index contributed by atoms with van der Waals surface area (Å²) >= 11 is 1.34.